The molecule has 0 saturated carbocycles. The summed E-state index contributed by atoms with van der Waals surface area (Å²) in [6.45, 7) is 3.06. The van der Waals surface area contributed by atoms with E-state index in [-0.39, 0.29) is 11.1 Å². The smallest absolute Gasteiger partial charge is 0.475 e. The molecule has 0 aliphatic heterocycles. The topological polar surface area (TPSA) is 117 Å². The summed E-state index contributed by atoms with van der Waals surface area (Å²) in [4.78, 5) is 34.9. The van der Waals surface area contributed by atoms with Crippen molar-refractivity contribution in [2.75, 3.05) is 0 Å². The number of pyridine rings is 1. The summed E-state index contributed by atoms with van der Waals surface area (Å²) in [5.41, 5.74) is 2.60. The molecular formula is C19H19F3N4O4. The minimum absolute atomic E-state index is 0.0965. The standard InChI is InChI=1S/C17H18N4O2.C2HF3O2/c1-11-7-16(22)19-9-12(11)8-18-10-15-13-5-3-4-6-14(13)17(23)21(2)20-15;3-2(4,5)1(6)7/h3-7,9,18H,8,10H2,1-2H3,(H,19,22);(H,6,7). The maximum atomic E-state index is 12.1. The number of carboxylic acids is 1. The van der Waals surface area contributed by atoms with Crippen molar-refractivity contribution in [1.29, 1.82) is 0 Å². The number of aliphatic carboxylic acids is 1. The first kappa shape index (κ1) is 22.8. The van der Waals surface area contributed by atoms with Crippen LogP contribution in [-0.2, 0) is 24.9 Å². The van der Waals surface area contributed by atoms with Crippen molar-refractivity contribution in [3.63, 3.8) is 0 Å². The van der Waals surface area contributed by atoms with Crippen LogP contribution in [0, 0.1) is 6.92 Å². The maximum absolute atomic E-state index is 12.1. The van der Waals surface area contributed by atoms with E-state index in [2.05, 4.69) is 15.4 Å². The highest BCUT2D eigenvalue weighted by Gasteiger charge is 2.38. The summed E-state index contributed by atoms with van der Waals surface area (Å²) < 4.78 is 33.1. The Balaban J connectivity index is 0.000000396. The van der Waals surface area contributed by atoms with E-state index in [1.54, 1.807) is 19.3 Å². The molecule has 0 unspecified atom stereocenters. The first-order chi connectivity index (χ1) is 14.0. The lowest BCUT2D eigenvalue weighted by atomic mass is 10.1. The second-order valence-corrected chi connectivity index (χ2v) is 6.33. The van der Waals surface area contributed by atoms with Crippen LogP contribution in [-0.4, -0.2) is 32.0 Å². The van der Waals surface area contributed by atoms with Crippen LogP contribution in [0.2, 0.25) is 0 Å². The largest absolute Gasteiger partial charge is 0.490 e. The predicted molar refractivity (Wildman–Crippen MR) is 103 cm³/mol. The van der Waals surface area contributed by atoms with E-state index < -0.39 is 12.1 Å². The Morgan fingerprint density at radius 2 is 1.80 bits per heavy atom. The third-order valence-corrected chi connectivity index (χ3v) is 4.13. The fourth-order valence-corrected chi connectivity index (χ4v) is 2.62. The van der Waals surface area contributed by atoms with Crippen molar-refractivity contribution in [3.05, 3.63) is 74.1 Å². The summed E-state index contributed by atoms with van der Waals surface area (Å²) in [5, 5.41) is 16.3. The normalized spacial score (nSPS) is 11.1. The van der Waals surface area contributed by atoms with Gasteiger partial charge in [-0.3, -0.25) is 9.59 Å². The molecule has 2 aromatic heterocycles. The number of aryl methyl sites for hydroxylation is 2. The van der Waals surface area contributed by atoms with E-state index in [4.69, 9.17) is 9.90 Å². The van der Waals surface area contributed by atoms with E-state index in [9.17, 15) is 22.8 Å². The predicted octanol–water partition coefficient (Wildman–Crippen LogP) is 1.85. The zero-order valence-corrected chi connectivity index (χ0v) is 16.1. The molecule has 0 bridgehead atoms. The molecule has 3 N–H and O–H groups in total. The van der Waals surface area contributed by atoms with E-state index in [0.29, 0.717) is 18.5 Å². The van der Waals surface area contributed by atoms with Gasteiger partial charge in [0.15, 0.2) is 0 Å². The van der Waals surface area contributed by atoms with Gasteiger partial charge >= 0.3 is 12.1 Å². The van der Waals surface area contributed by atoms with Gasteiger partial charge in [0.05, 0.1) is 11.1 Å². The fourth-order valence-electron chi connectivity index (χ4n) is 2.62. The van der Waals surface area contributed by atoms with E-state index in [1.807, 2.05) is 31.2 Å². The van der Waals surface area contributed by atoms with Crippen molar-refractivity contribution >= 4 is 16.7 Å². The van der Waals surface area contributed by atoms with Crippen LogP contribution in [0.4, 0.5) is 13.2 Å². The zero-order valence-electron chi connectivity index (χ0n) is 16.1. The number of hydrogen-bond donors (Lipinski definition) is 3. The van der Waals surface area contributed by atoms with Crippen molar-refractivity contribution in [3.8, 4) is 0 Å². The van der Waals surface area contributed by atoms with Gasteiger partial charge in [-0.1, -0.05) is 18.2 Å². The Hall–Kier alpha value is -3.47. The molecule has 0 fully saturated rings. The van der Waals surface area contributed by atoms with Crippen LogP contribution in [0.5, 0.6) is 0 Å². The van der Waals surface area contributed by atoms with Crippen molar-refractivity contribution in [2.24, 2.45) is 7.05 Å². The average Bonchev–Trinajstić information content (AvgIpc) is 2.67. The first-order valence-electron chi connectivity index (χ1n) is 8.64. The lowest BCUT2D eigenvalue weighted by Crippen LogP contribution is -2.24. The molecule has 2 heterocycles. The number of fused-ring (bicyclic) bond motifs is 1. The molecular weight excluding hydrogens is 405 g/mol. The Morgan fingerprint density at radius 1 is 1.20 bits per heavy atom. The number of nitrogens with one attached hydrogen (secondary N) is 2. The number of nitrogens with zero attached hydrogens (tertiary/aromatic N) is 2. The Morgan fingerprint density at radius 3 is 2.37 bits per heavy atom. The van der Waals surface area contributed by atoms with Crippen molar-refractivity contribution < 1.29 is 23.1 Å². The molecule has 3 rings (SSSR count). The van der Waals surface area contributed by atoms with Crippen LogP contribution < -0.4 is 16.4 Å². The van der Waals surface area contributed by atoms with Gasteiger partial charge < -0.3 is 15.4 Å². The number of benzene rings is 1. The summed E-state index contributed by atoms with van der Waals surface area (Å²) >= 11 is 0. The highest BCUT2D eigenvalue weighted by Crippen LogP contribution is 2.14. The van der Waals surface area contributed by atoms with Crippen LogP contribution >= 0.6 is 0 Å². The third-order valence-electron chi connectivity index (χ3n) is 4.13. The average molecular weight is 424 g/mol. The zero-order chi connectivity index (χ0) is 22.5. The number of carboxylic acid groups (broad SMARTS) is 1. The SMILES string of the molecule is Cc1cc(=O)[nH]cc1CNCc1nn(C)c(=O)c2ccccc12.O=C(O)C(F)(F)F. The highest BCUT2D eigenvalue weighted by molar-refractivity contribution is 5.83. The van der Waals surface area contributed by atoms with Crippen LogP contribution in [0.3, 0.4) is 0 Å². The molecule has 30 heavy (non-hydrogen) atoms. The van der Waals surface area contributed by atoms with Gasteiger partial charge in [0.25, 0.3) is 5.56 Å². The molecule has 0 amide bonds. The second kappa shape index (κ2) is 9.35. The molecule has 3 aromatic rings. The molecule has 0 atom stereocenters. The van der Waals surface area contributed by atoms with Gasteiger partial charge in [-0.15, -0.1) is 0 Å². The van der Waals surface area contributed by atoms with E-state index in [1.165, 1.54) is 4.68 Å². The molecule has 8 nitrogen and oxygen atoms in total. The quantitative estimate of drug-likeness (QED) is 0.589. The molecule has 0 radical (unpaired) electrons. The molecule has 0 aliphatic carbocycles. The number of carbonyl (C=O) groups is 1. The summed E-state index contributed by atoms with van der Waals surface area (Å²) in [7, 11) is 1.66. The number of halogens is 3. The Labute approximate surface area is 168 Å². The van der Waals surface area contributed by atoms with Gasteiger partial charge in [-0.25, -0.2) is 9.48 Å². The van der Waals surface area contributed by atoms with Gasteiger partial charge in [0.1, 0.15) is 0 Å². The number of aromatic nitrogens is 3. The van der Waals surface area contributed by atoms with Gasteiger partial charge in [-0.2, -0.15) is 18.3 Å². The summed E-state index contributed by atoms with van der Waals surface area (Å²) in [6, 6.07) is 9.06. The summed E-state index contributed by atoms with van der Waals surface area (Å²) in [6.07, 6.45) is -3.36. The fraction of sp³-hybridized carbons (Fsp3) is 0.263. The van der Waals surface area contributed by atoms with Gasteiger partial charge in [0.2, 0.25) is 5.56 Å². The van der Waals surface area contributed by atoms with Crippen molar-refractivity contribution in [1.82, 2.24) is 20.1 Å². The highest BCUT2D eigenvalue weighted by atomic mass is 19.4. The Bertz CT molecular complexity index is 1170. The maximum Gasteiger partial charge on any atom is 0.490 e. The number of aromatic amines is 1. The number of alkyl halides is 3. The first-order valence-corrected chi connectivity index (χ1v) is 8.64. The molecule has 0 aliphatic rings. The van der Waals surface area contributed by atoms with Crippen LogP contribution in [0.15, 0.2) is 46.1 Å². The molecule has 0 spiro atoms. The molecule has 0 saturated heterocycles. The lowest BCUT2D eigenvalue weighted by molar-refractivity contribution is -0.192. The van der Waals surface area contributed by atoms with E-state index in [0.717, 1.165) is 22.2 Å². The minimum atomic E-state index is -5.08. The second-order valence-electron chi connectivity index (χ2n) is 6.33. The lowest BCUT2D eigenvalue weighted by Gasteiger charge is -2.10. The van der Waals surface area contributed by atoms with Gasteiger partial charge in [0, 0.05) is 37.8 Å². The van der Waals surface area contributed by atoms with Gasteiger partial charge in [-0.05, 0) is 24.1 Å². The van der Waals surface area contributed by atoms with Crippen molar-refractivity contribution in [2.45, 2.75) is 26.2 Å². The number of rotatable bonds is 4. The Kier molecular flexibility index (Phi) is 7.11. The molecule has 11 heteroatoms. The summed E-state index contributed by atoms with van der Waals surface area (Å²) in [5.74, 6) is -2.76. The third kappa shape index (κ3) is 5.77. The number of hydrogen-bond acceptors (Lipinski definition) is 5. The molecule has 160 valence electrons. The van der Waals surface area contributed by atoms with Crippen LogP contribution in [0.25, 0.3) is 10.8 Å². The molecule has 1 aromatic carbocycles. The monoisotopic (exact) mass is 424 g/mol. The minimum Gasteiger partial charge on any atom is -0.475 e. The van der Waals surface area contributed by atoms with E-state index >= 15 is 0 Å². The van der Waals surface area contributed by atoms with Crippen LogP contribution in [0.1, 0.15) is 16.8 Å². The number of H-pyrrole nitrogens is 1.